The second-order valence-corrected chi connectivity index (χ2v) is 6.68. The van der Waals surface area contributed by atoms with Gasteiger partial charge < -0.3 is 11.1 Å². The Labute approximate surface area is 127 Å². The molecule has 1 aromatic rings. The van der Waals surface area contributed by atoms with E-state index in [1.165, 1.54) is 18.4 Å². The molecule has 0 radical (unpaired) electrons. The second kappa shape index (κ2) is 6.18. The molecular weight excluding hydrogens is 260 g/mol. The average molecular weight is 286 g/mol. The maximum Gasteiger partial charge on any atom is 0.224 e. The first-order valence-corrected chi connectivity index (χ1v) is 8.33. The molecule has 2 fully saturated rings. The van der Waals surface area contributed by atoms with E-state index in [1.54, 1.807) is 0 Å². The maximum atomic E-state index is 12.8. The molecule has 0 unspecified atom stereocenters. The highest BCUT2D eigenvalue weighted by Crippen LogP contribution is 2.40. The Balaban J connectivity index is 1.78. The average Bonchev–Trinajstić information content (AvgIpc) is 3.17. The van der Waals surface area contributed by atoms with Gasteiger partial charge in [0.15, 0.2) is 0 Å². The van der Waals surface area contributed by atoms with E-state index < -0.39 is 0 Å². The van der Waals surface area contributed by atoms with Gasteiger partial charge >= 0.3 is 0 Å². The third-order valence-electron chi connectivity index (χ3n) is 5.44. The van der Waals surface area contributed by atoms with Crippen LogP contribution in [0, 0.1) is 11.8 Å². The summed E-state index contributed by atoms with van der Waals surface area (Å²) in [5.74, 6) is 0.726. The van der Waals surface area contributed by atoms with Crippen molar-refractivity contribution >= 4 is 5.91 Å². The lowest BCUT2D eigenvalue weighted by atomic mass is 9.86. The molecule has 0 heterocycles. The zero-order valence-electron chi connectivity index (χ0n) is 12.7. The highest BCUT2D eigenvalue weighted by Gasteiger charge is 2.40. The van der Waals surface area contributed by atoms with Crippen LogP contribution in [0.2, 0.25) is 0 Å². The molecule has 1 amide bonds. The zero-order valence-corrected chi connectivity index (χ0v) is 12.7. The van der Waals surface area contributed by atoms with Crippen LogP contribution in [0.3, 0.4) is 0 Å². The first-order valence-electron chi connectivity index (χ1n) is 8.33. The summed E-state index contributed by atoms with van der Waals surface area (Å²) in [7, 11) is 0. The van der Waals surface area contributed by atoms with Crippen molar-refractivity contribution in [1.82, 2.24) is 5.32 Å². The number of benzene rings is 1. The summed E-state index contributed by atoms with van der Waals surface area (Å²) < 4.78 is 0. The Morgan fingerprint density at radius 1 is 1.14 bits per heavy atom. The largest absolute Gasteiger partial charge is 0.346 e. The van der Waals surface area contributed by atoms with Gasteiger partial charge in [-0.3, -0.25) is 4.79 Å². The van der Waals surface area contributed by atoms with Crippen molar-refractivity contribution in [3.63, 3.8) is 0 Å². The van der Waals surface area contributed by atoms with Crippen molar-refractivity contribution in [2.24, 2.45) is 17.6 Å². The van der Waals surface area contributed by atoms with Crippen LogP contribution in [-0.2, 0) is 10.3 Å². The van der Waals surface area contributed by atoms with E-state index in [2.05, 4.69) is 29.6 Å². The van der Waals surface area contributed by atoms with Gasteiger partial charge in [0.2, 0.25) is 5.91 Å². The molecule has 2 aliphatic carbocycles. The first-order chi connectivity index (χ1) is 10.2. The normalized spacial score (nSPS) is 27.7. The molecular formula is C18H26N2O. The van der Waals surface area contributed by atoms with Crippen LogP contribution >= 0.6 is 0 Å². The predicted molar refractivity (Wildman–Crippen MR) is 84.6 cm³/mol. The van der Waals surface area contributed by atoms with Gasteiger partial charge in [-0.15, -0.1) is 0 Å². The number of carbonyl (C=O) groups excluding carboxylic acids is 1. The SMILES string of the molecule is NC[C@H]1CCC[C@H]1C(=O)NC1(c2ccccc2)CCCC1. The monoisotopic (exact) mass is 286 g/mol. The van der Waals surface area contributed by atoms with Crippen molar-refractivity contribution in [2.75, 3.05) is 6.54 Å². The van der Waals surface area contributed by atoms with Crippen molar-refractivity contribution < 1.29 is 4.79 Å². The smallest absolute Gasteiger partial charge is 0.224 e. The molecule has 3 N–H and O–H groups in total. The Bertz CT molecular complexity index is 479. The first kappa shape index (κ1) is 14.6. The highest BCUT2D eigenvalue weighted by molar-refractivity contribution is 5.80. The molecule has 3 rings (SSSR count). The van der Waals surface area contributed by atoms with Crippen molar-refractivity contribution in [2.45, 2.75) is 50.5 Å². The maximum absolute atomic E-state index is 12.8. The number of hydrogen-bond acceptors (Lipinski definition) is 2. The number of hydrogen-bond donors (Lipinski definition) is 2. The van der Waals surface area contributed by atoms with Gasteiger partial charge in [0, 0.05) is 5.92 Å². The van der Waals surface area contributed by atoms with Crippen LogP contribution in [0.15, 0.2) is 30.3 Å². The summed E-state index contributed by atoms with van der Waals surface area (Å²) in [4.78, 5) is 12.8. The molecule has 2 atom stereocenters. The molecule has 0 aromatic heterocycles. The van der Waals surface area contributed by atoms with E-state index in [9.17, 15) is 4.79 Å². The van der Waals surface area contributed by atoms with Gasteiger partial charge in [0.25, 0.3) is 0 Å². The van der Waals surface area contributed by atoms with Gasteiger partial charge in [-0.1, -0.05) is 49.6 Å². The molecule has 2 aliphatic rings. The quantitative estimate of drug-likeness (QED) is 0.894. The lowest BCUT2D eigenvalue weighted by molar-refractivity contribution is -0.128. The summed E-state index contributed by atoms with van der Waals surface area (Å²) in [5.41, 5.74) is 6.96. The van der Waals surface area contributed by atoms with E-state index in [1.807, 2.05) is 6.07 Å². The Morgan fingerprint density at radius 3 is 2.52 bits per heavy atom. The third-order valence-corrected chi connectivity index (χ3v) is 5.44. The predicted octanol–water partition coefficient (Wildman–Crippen LogP) is 2.95. The van der Waals surface area contributed by atoms with Crippen molar-refractivity contribution in [3.8, 4) is 0 Å². The topological polar surface area (TPSA) is 55.1 Å². The Morgan fingerprint density at radius 2 is 1.86 bits per heavy atom. The van der Waals surface area contributed by atoms with E-state index >= 15 is 0 Å². The van der Waals surface area contributed by atoms with Crippen LogP contribution in [0.4, 0.5) is 0 Å². The molecule has 0 aliphatic heterocycles. The minimum Gasteiger partial charge on any atom is -0.346 e. The lowest BCUT2D eigenvalue weighted by Gasteiger charge is -2.33. The van der Waals surface area contributed by atoms with E-state index in [0.29, 0.717) is 12.5 Å². The number of carbonyl (C=O) groups is 1. The standard InChI is InChI=1S/C18H26N2O/c19-13-14-7-6-10-16(14)17(21)20-18(11-4-5-12-18)15-8-2-1-3-9-15/h1-3,8-9,14,16H,4-7,10-13,19H2,(H,20,21)/t14-,16-/m1/s1. The van der Waals surface area contributed by atoms with Crippen molar-refractivity contribution in [3.05, 3.63) is 35.9 Å². The summed E-state index contributed by atoms with van der Waals surface area (Å²) >= 11 is 0. The lowest BCUT2D eigenvalue weighted by Crippen LogP contribution is -2.47. The summed E-state index contributed by atoms with van der Waals surface area (Å²) in [6, 6.07) is 10.5. The van der Waals surface area contributed by atoms with Gasteiger partial charge in [-0.05, 0) is 43.7 Å². The summed E-state index contributed by atoms with van der Waals surface area (Å²) in [6.45, 7) is 0.635. The number of rotatable bonds is 4. The summed E-state index contributed by atoms with van der Waals surface area (Å²) in [5, 5.41) is 3.42. The van der Waals surface area contributed by atoms with Crippen LogP contribution in [-0.4, -0.2) is 12.5 Å². The highest BCUT2D eigenvalue weighted by atomic mass is 16.2. The van der Waals surface area contributed by atoms with Crippen LogP contribution < -0.4 is 11.1 Å². The van der Waals surface area contributed by atoms with Crippen LogP contribution in [0.25, 0.3) is 0 Å². The second-order valence-electron chi connectivity index (χ2n) is 6.68. The molecule has 0 bridgehead atoms. The molecule has 2 saturated carbocycles. The zero-order chi connectivity index (χ0) is 14.7. The third kappa shape index (κ3) is 2.84. The minimum absolute atomic E-state index is 0.121. The Kier molecular flexibility index (Phi) is 4.29. The molecule has 0 spiro atoms. The van der Waals surface area contributed by atoms with E-state index in [4.69, 9.17) is 5.73 Å². The molecule has 21 heavy (non-hydrogen) atoms. The van der Waals surface area contributed by atoms with Crippen molar-refractivity contribution in [1.29, 1.82) is 0 Å². The number of nitrogens with one attached hydrogen (secondary N) is 1. The fourth-order valence-corrected chi connectivity index (χ4v) is 4.21. The number of amides is 1. The molecule has 1 aromatic carbocycles. The van der Waals surface area contributed by atoms with Gasteiger partial charge in [-0.25, -0.2) is 0 Å². The van der Waals surface area contributed by atoms with Gasteiger partial charge in [-0.2, -0.15) is 0 Å². The van der Waals surface area contributed by atoms with E-state index in [-0.39, 0.29) is 17.4 Å². The summed E-state index contributed by atoms with van der Waals surface area (Å²) in [6.07, 6.45) is 7.75. The van der Waals surface area contributed by atoms with Crippen LogP contribution in [0.1, 0.15) is 50.5 Å². The molecule has 114 valence electrons. The fraction of sp³-hybridized carbons (Fsp3) is 0.611. The molecule has 3 heteroatoms. The van der Waals surface area contributed by atoms with Gasteiger partial charge in [0.05, 0.1) is 5.54 Å². The number of nitrogens with two attached hydrogens (primary N) is 1. The van der Waals surface area contributed by atoms with Crippen LogP contribution in [0.5, 0.6) is 0 Å². The van der Waals surface area contributed by atoms with Gasteiger partial charge in [0.1, 0.15) is 0 Å². The minimum atomic E-state index is -0.139. The molecule has 0 saturated heterocycles. The Hall–Kier alpha value is -1.35. The molecule has 3 nitrogen and oxygen atoms in total. The fourth-order valence-electron chi connectivity index (χ4n) is 4.21. The van der Waals surface area contributed by atoms with E-state index in [0.717, 1.165) is 32.1 Å².